The maximum Gasteiger partial charge on any atom is 0.306 e. The van der Waals surface area contributed by atoms with E-state index in [0.29, 0.717) is 71.9 Å². The van der Waals surface area contributed by atoms with E-state index in [1.54, 1.807) is 0 Å². The molecule has 0 radical (unpaired) electrons. The average Bonchev–Trinajstić information content (AvgIpc) is 3.55. The molecule has 5 aliphatic heterocycles. The van der Waals surface area contributed by atoms with Gasteiger partial charge < -0.3 is 23.7 Å². The Morgan fingerprint density at radius 2 is 0.864 bits per heavy atom. The first-order chi connectivity index (χ1) is 26.0. The SMILES string of the molecule is C.C=C1OC(C)CC1C(C)(C)C.C=C1OC(C)CCC1C(C)(C)C.CC1CC(C(C)(C)C)CC(=O)O1.CC1OC(=O)CC1C(C)(C)C.CC1OC(=O)CCC1C(C)(C)C. The van der Waals surface area contributed by atoms with Gasteiger partial charge in [-0.3, -0.25) is 14.4 Å². The van der Waals surface area contributed by atoms with Crippen LogP contribution in [0.5, 0.6) is 0 Å². The summed E-state index contributed by atoms with van der Waals surface area (Å²) >= 11 is 0. The minimum Gasteiger partial charge on any atom is -0.495 e. The highest BCUT2D eigenvalue weighted by Gasteiger charge is 2.40. The van der Waals surface area contributed by atoms with E-state index < -0.39 is 0 Å². The molecule has 0 aromatic heterocycles. The fourth-order valence-electron chi connectivity index (χ4n) is 8.92. The van der Waals surface area contributed by atoms with E-state index >= 15 is 0 Å². The molecule has 0 saturated carbocycles. The van der Waals surface area contributed by atoms with Crippen molar-refractivity contribution in [3.05, 3.63) is 24.7 Å². The zero-order chi connectivity index (χ0) is 45.4. The summed E-state index contributed by atoms with van der Waals surface area (Å²) in [7, 11) is 0. The number of allylic oxidation sites excluding steroid dienone is 2. The Kier molecular flexibility index (Phi) is 21.6. The first-order valence-electron chi connectivity index (χ1n) is 22.3. The van der Waals surface area contributed by atoms with Crippen LogP contribution in [0.25, 0.3) is 0 Å². The molecule has 8 heteroatoms. The van der Waals surface area contributed by atoms with Crippen LogP contribution in [0.4, 0.5) is 0 Å². The van der Waals surface area contributed by atoms with Crippen LogP contribution in [0.2, 0.25) is 0 Å². The van der Waals surface area contributed by atoms with Gasteiger partial charge in [-0.15, -0.1) is 0 Å². The number of carbonyl (C=O) groups excluding carboxylic acids is 3. The number of cyclic esters (lactones) is 3. The fourth-order valence-corrected chi connectivity index (χ4v) is 8.92. The predicted molar refractivity (Wildman–Crippen MR) is 244 cm³/mol. The minimum atomic E-state index is -0.0441. The number of esters is 3. The van der Waals surface area contributed by atoms with E-state index in [-0.39, 0.29) is 59.9 Å². The number of ether oxygens (including phenoxy) is 5. The molecule has 0 aromatic rings. The Hall–Kier alpha value is -2.51. The molecule has 0 amide bonds. The van der Waals surface area contributed by atoms with Crippen molar-refractivity contribution in [3.63, 3.8) is 0 Å². The normalized spacial score (nSPS) is 31.2. The van der Waals surface area contributed by atoms with Gasteiger partial charge in [-0.1, -0.05) is 124 Å². The standard InChI is InChI=1S/C11H20O.2C10H18O2.C10H18O.C9H16O2.CH4/c1-8-6-7-10(9(2)12-8)11(3,4)5;1-7-5-8(10(2,3)4)6-9(11)12-7;1-7-8(10(2,3)4)5-6-9(11)12-7;1-7-6-9(8(2)11-7)10(3,4)5;1-6-7(9(2,3)4)5-8(10)11-6;/h8,10H,2,6-7H2,1,3-5H3;2*7-8H,5-6H2,1-4H3;7,9H,2,6H2,1,3-5H3;6-7H,5H2,1-4H3;1H4. The van der Waals surface area contributed by atoms with Gasteiger partial charge in [0.1, 0.15) is 12.2 Å². The van der Waals surface area contributed by atoms with Gasteiger partial charge in [0.05, 0.1) is 36.3 Å². The van der Waals surface area contributed by atoms with Crippen LogP contribution >= 0.6 is 0 Å². The molecule has 0 spiro atoms. The summed E-state index contributed by atoms with van der Waals surface area (Å²) in [5.74, 6) is 4.30. The molecule has 5 saturated heterocycles. The Morgan fingerprint density at radius 3 is 1.19 bits per heavy atom. The first kappa shape index (κ1) is 56.5. The zero-order valence-corrected chi connectivity index (χ0v) is 41.1. The van der Waals surface area contributed by atoms with Crippen LogP contribution in [-0.2, 0) is 38.1 Å². The summed E-state index contributed by atoms with van der Waals surface area (Å²) in [6, 6.07) is 0. The maximum absolute atomic E-state index is 11.1. The van der Waals surface area contributed by atoms with E-state index in [1.807, 2.05) is 20.8 Å². The molecule has 0 N–H and O–H groups in total. The third-order valence-corrected chi connectivity index (χ3v) is 12.6. The van der Waals surface area contributed by atoms with Crippen molar-refractivity contribution in [1.29, 1.82) is 0 Å². The Balaban J connectivity index is 0.000000710. The van der Waals surface area contributed by atoms with E-state index in [1.165, 1.54) is 12.8 Å². The molecule has 5 rings (SSSR count). The molecule has 0 aliphatic carbocycles. The third-order valence-electron chi connectivity index (χ3n) is 12.6. The lowest BCUT2D eigenvalue weighted by atomic mass is 9.74. The van der Waals surface area contributed by atoms with Gasteiger partial charge in [0.2, 0.25) is 0 Å². The highest BCUT2D eigenvalue weighted by molar-refractivity contribution is 5.72. The largest absolute Gasteiger partial charge is 0.495 e. The smallest absolute Gasteiger partial charge is 0.306 e. The predicted octanol–water partition coefficient (Wildman–Crippen LogP) is 13.7. The molecular weight excluding hydrogens is 741 g/mol. The highest BCUT2D eigenvalue weighted by Crippen LogP contribution is 2.42. The molecule has 5 heterocycles. The molecule has 10 unspecified atom stereocenters. The summed E-state index contributed by atoms with van der Waals surface area (Å²) < 4.78 is 26.5. The Bertz CT molecular complexity index is 1340. The van der Waals surface area contributed by atoms with E-state index in [2.05, 4.69) is 131 Å². The van der Waals surface area contributed by atoms with Crippen LogP contribution in [0, 0.1) is 56.7 Å². The molecule has 0 aromatic carbocycles. The second kappa shape index (κ2) is 22.5. The van der Waals surface area contributed by atoms with Crippen molar-refractivity contribution in [2.24, 2.45) is 56.7 Å². The monoisotopic (exact) mass is 835 g/mol. The van der Waals surface area contributed by atoms with Crippen LogP contribution in [0.3, 0.4) is 0 Å². The van der Waals surface area contributed by atoms with Crippen LogP contribution in [0.1, 0.15) is 197 Å². The average molecular weight is 835 g/mol. The fraction of sp³-hybridized carbons (Fsp3) is 0.863. The molecule has 5 fully saturated rings. The topological polar surface area (TPSA) is 97.4 Å². The van der Waals surface area contributed by atoms with E-state index in [4.69, 9.17) is 23.7 Å². The second-order valence-electron chi connectivity index (χ2n) is 23.3. The highest BCUT2D eigenvalue weighted by atomic mass is 16.6. The maximum atomic E-state index is 11.1. The van der Waals surface area contributed by atoms with E-state index in [0.717, 1.165) is 30.8 Å². The molecule has 8 nitrogen and oxygen atoms in total. The summed E-state index contributed by atoms with van der Waals surface area (Å²) in [4.78, 5) is 32.9. The summed E-state index contributed by atoms with van der Waals surface area (Å²) in [6.07, 6.45) is 8.31. The van der Waals surface area contributed by atoms with Crippen LogP contribution < -0.4 is 0 Å². The number of rotatable bonds is 0. The zero-order valence-electron chi connectivity index (χ0n) is 41.1. The third kappa shape index (κ3) is 19.8. The van der Waals surface area contributed by atoms with Crippen molar-refractivity contribution < 1.29 is 38.1 Å². The van der Waals surface area contributed by atoms with Gasteiger partial charge in [-0.2, -0.15) is 0 Å². The van der Waals surface area contributed by atoms with Gasteiger partial charge in [-0.05, 0) is 99.7 Å². The minimum absolute atomic E-state index is 0. The number of hydrogen-bond acceptors (Lipinski definition) is 8. The summed E-state index contributed by atoms with van der Waals surface area (Å²) in [6.45, 7) is 51.2. The second-order valence-corrected chi connectivity index (χ2v) is 23.3. The molecular formula is C51H94O8. The Morgan fingerprint density at radius 1 is 0.441 bits per heavy atom. The Labute approximate surface area is 364 Å². The van der Waals surface area contributed by atoms with E-state index in [9.17, 15) is 14.4 Å². The van der Waals surface area contributed by atoms with Gasteiger partial charge in [0.25, 0.3) is 0 Å². The van der Waals surface area contributed by atoms with Crippen LogP contribution in [-0.4, -0.2) is 48.4 Å². The van der Waals surface area contributed by atoms with Gasteiger partial charge >= 0.3 is 17.9 Å². The lowest BCUT2D eigenvalue weighted by Crippen LogP contribution is -2.37. The van der Waals surface area contributed by atoms with Crippen molar-refractivity contribution >= 4 is 17.9 Å². The summed E-state index contributed by atoms with van der Waals surface area (Å²) in [5, 5.41) is 0. The number of hydrogen-bond donors (Lipinski definition) is 0. The molecule has 0 bridgehead atoms. The summed E-state index contributed by atoms with van der Waals surface area (Å²) in [5.41, 5.74) is 1.28. The lowest BCUT2D eigenvalue weighted by molar-refractivity contribution is -0.161. The lowest BCUT2D eigenvalue weighted by Gasteiger charge is -2.37. The van der Waals surface area contributed by atoms with Gasteiger partial charge in [0, 0.05) is 36.5 Å². The molecule has 5 aliphatic rings. The van der Waals surface area contributed by atoms with Crippen molar-refractivity contribution in [1.82, 2.24) is 0 Å². The first-order valence-corrected chi connectivity index (χ1v) is 22.3. The van der Waals surface area contributed by atoms with Crippen molar-refractivity contribution in [2.75, 3.05) is 0 Å². The molecule has 10 atom stereocenters. The van der Waals surface area contributed by atoms with Crippen LogP contribution in [0.15, 0.2) is 24.7 Å². The molecule has 59 heavy (non-hydrogen) atoms. The quantitative estimate of drug-likeness (QED) is 0.176. The number of carbonyl (C=O) groups is 3. The van der Waals surface area contributed by atoms with Crippen molar-refractivity contribution in [3.8, 4) is 0 Å². The van der Waals surface area contributed by atoms with Crippen molar-refractivity contribution in [2.45, 2.75) is 228 Å². The van der Waals surface area contributed by atoms with Gasteiger partial charge in [0.15, 0.2) is 0 Å². The molecule has 346 valence electrons. The van der Waals surface area contributed by atoms with Gasteiger partial charge in [-0.25, -0.2) is 0 Å².